The van der Waals surface area contributed by atoms with Gasteiger partial charge in [0.05, 0.1) is 30.1 Å². The number of ether oxygens (including phenoxy) is 1. The van der Waals surface area contributed by atoms with E-state index < -0.39 is 0 Å². The highest BCUT2D eigenvalue weighted by Crippen LogP contribution is 2.40. The van der Waals surface area contributed by atoms with Gasteiger partial charge in [0.2, 0.25) is 0 Å². The Morgan fingerprint density at radius 1 is 1.16 bits per heavy atom. The molecule has 0 saturated heterocycles. The summed E-state index contributed by atoms with van der Waals surface area (Å²) in [5.74, 6) is 0.962. The molecule has 0 aliphatic heterocycles. The lowest BCUT2D eigenvalue weighted by atomic mass is 9.97. The summed E-state index contributed by atoms with van der Waals surface area (Å²) in [5, 5.41) is 6.80. The van der Waals surface area contributed by atoms with Gasteiger partial charge in [-0.2, -0.15) is 0 Å². The number of halogens is 2. The number of H-pyrrole nitrogens is 1. The van der Waals surface area contributed by atoms with Crippen molar-refractivity contribution < 1.29 is 9.53 Å². The lowest BCUT2D eigenvalue weighted by Crippen LogP contribution is -2.18. The molecular weight excluding hydrogens is 451 g/mol. The normalized spacial score (nSPS) is 11.9. The Kier molecular flexibility index (Phi) is 6.16. The van der Waals surface area contributed by atoms with Gasteiger partial charge in [-0.05, 0) is 36.8 Å². The number of aromatic amines is 1. The average molecular weight is 471 g/mol. The molecule has 10 heteroatoms. The molecule has 1 amide bonds. The minimum atomic E-state index is -0.257. The van der Waals surface area contributed by atoms with Crippen LogP contribution in [0.5, 0.6) is 5.75 Å². The number of aromatic nitrogens is 4. The Balaban J connectivity index is 1.75. The molecule has 0 spiro atoms. The van der Waals surface area contributed by atoms with Gasteiger partial charge in [-0.1, -0.05) is 29.3 Å². The number of nitrogens with one attached hydrogen (secondary N) is 3. The highest BCUT2D eigenvalue weighted by Gasteiger charge is 2.20. The van der Waals surface area contributed by atoms with Crippen LogP contribution in [-0.4, -0.2) is 40.0 Å². The lowest BCUT2D eigenvalue weighted by Gasteiger charge is -2.21. The van der Waals surface area contributed by atoms with Gasteiger partial charge in [0, 0.05) is 23.2 Å². The average Bonchev–Trinajstić information content (AvgIpc) is 3.28. The van der Waals surface area contributed by atoms with E-state index in [0.29, 0.717) is 38.3 Å². The highest BCUT2D eigenvalue weighted by atomic mass is 35.5. The number of rotatable bonds is 6. The first kappa shape index (κ1) is 21.9. The van der Waals surface area contributed by atoms with E-state index in [9.17, 15) is 4.79 Å². The van der Waals surface area contributed by atoms with E-state index in [1.54, 1.807) is 38.7 Å². The quantitative estimate of drug-likeness (QED) is 0.371. The summed E-state index contributed by atoms with van der Waals surface area (Å²) in [5.41, 5.74) is 4.01. The van der Waals surface area contributed by atoms with Crippen molar-refractivity contribution in [3.05, 3.63) is 64.2 Å². The fourth-order valence-corrected chi connectivity index (χ4v) is 4.03. The number of benzene rings is 2. The molecule has 0 bridgehead atoms. The maximum absolute atomic E-state index is 12.0. The van der Waals surface area contributed by atoms with Gasteiger partial charge in [-0.15, -0.1) is 0 Å². The molecule has 164 valence electrons. The maximum Gasteiger partial charge on any atom is 0.252 e. The van der Waals surface area contributed by atoms with Crippen LogP contribution in [0.2, 0.25) is 10.0 Å². The van der Waals surface area contributed by atoms with Gasteiger partial charge in [0.15, 0.2) is 11.5 Å². The molecule has 8 nitrogen and oxygen atoms in total. The van der Waals surface area contributed by atoms with E-state index in [2.05, 4.69) is 30.6 Å². The summed E-state index contributed by atoms with van der Waals surface area (Å²) >= 11 is 12.8. The molecular formula is C22H20Cl2N6O2. The third-order valence-corrected chi connectivity index (χ3v) is 5.61. The zero-order valence-electron chi connectivity index (χ0n) is 17.5. The number of imidazole rings is 1. The first-order valence-electron chi connectivity index (χ1n) is 9.73. The fourth-order valence-electron chi connectivity index (χ4n) is 3.53. The van der Waals surface area contributed by atoms with Crippen LogP contribution in [0.3, 0.4) is 0 Å². The number of hydrogen-bond acceptors (Lipinski definition) is 6. The number of carbonyl (C=O) groups excluding carboxylic acids is 1. The van der Waals surface area contributed by atoms with Gasteiger partial charge in [0.25, 0.3) is 5.91 Å². The van der Waals surface area contributed by atoms with Gasteiger partial charge < -0.3 is 20.4 Å². The Bertz CT molecular complexity index is 1310. The summed E-state index contributed by atoms with van der Waals surface area (Å²) in [6.07, 6.45) is 3.03. The van der Waals surface area contributed by atoms with Gasteiger partial charge >= 0.3 is 0 Å². The van der Waals surface area contributed by atoms with Gasteiger partial charge in [-0.25, -0.2) is 15.0 Å². The molecule has 3 N–H and O–H groups in total. The molecule has 0 aliphatic carbocycles. The Morgan fingerprint density at radius 2 is 1.97 bits per heavy atom. The summed E-state index contributed by atoms with van der Waals surface area (Å²) in [7, 11) is 3.15. The second-order valence-corrected chi connectivity index (χ2v) is 7.88. The van der Waals surface area contributed by atoms with E-state index in [0.717, 1.165) is 16.7 Å². The highest BCUT2D eigenvalue weighted by molar-refractivity contribution is 6.34. The molecule has 0 saturated carbocycles. The number of fused-ring (bicyclic) bond motifs is 1. The van der Waals surface area contributed by atoms with E-state index >= 15 is 0 Å². The Morgan fingerprint density at radius 3 is 2.69 bits per heavy atom. The third-order valence-electron chi connectivity index (χ3n) is 5.08. The number of hydrogen-bond donors (Lipinski definition) is 3. The molecule has 2 heterocycles. The van der Waals surface area contributed by atoms with Crippen LogP contribution in [0, 0.1) is 0 Å². The molecule has 0 fully saturated rings. The molecule has 2 aromatic heterocycles. The van der Waals surface area contributed by atoms with Crippen LogP contribution in [0.15, 0.2) is 43.0 Å². The SMILES string of the molecule is CNC(=O)c1ccc(-c2cc(Cl)cc(C(C)Nc3ncnc4[nH]cnc34)c2OC)cc1Cl. The molecule has 32 heavy (non-hydrogen) atoms. The number of methoxy groups -OCH3 is 1. The van der Waals surface area contributed by atoms with E-state index in [1.165, 1.54) is 6.33 Å². The predicted octanol–water partition coefficient (Wildman–Crippen LogP) is 4.87. The topological polar surface area (TPSA) is 105 Å². The first-order chi connectivity index (χ1) is 15.4. The Hall–Kier alpha value is -3.36. The van der Waals surface area contributed by atoms with Gasteiger partial charge in [0.1, 0.15) is 17.6 Å². The van der Waals surface area contributed by atoms with Crippen molar-refractivity contribution in [1.29, 1.82) is 0 Å². The van der Waals surface area contributed by atoms with Crippen molar-refractivity contribution in [3.8, 4) is 16.9 Å². The van der Waals surface area contributed by atoms with E-state index in [4.69, 9.17) is 27.9 Å². The predicted molar refractivity (Wildman–Crippen MR) is 126 cm³/mol. The largest absolute Gasteiger partial charge is 0.496 e. The van der Waals surface area contributed by atoms with Crippen LogP contribution in [0.25, 0.3) is 22.3 Å². The molecule has 1 atom stereocenters. The van der Waals surface area contributed by atoms with Crippen molar-refractivity contribution in [3.63, 3.8) is 0 Å². The number of amides is 1. The van der Waals surface area contributed by atoms with Crippen molar-refractivity contribution >= 4 is 46.1 Å². The smallest absolute Gasteiger partial charge is 0.252 e. The number of carbonyl (C=O) groups is 1. The summed E-state index contributed by atoms with van der Waals surface area (Å²) < 4.78 is 5.78. The number of anilines is 1. The van der Waals surface area contributed by atoms with Crippen LogP contribution >= 0.6 is 23.2 Å². The van der Waals surface area contributed by atoms with Crippen LogP contribution in [0.1, 0.15) is 28.9 Å². The monoisotopic (exact) mass is 470 g/mol. The minimum absolute atomic E-state index is 0.224. The van der Waals surface area contributed by atoms with Crippen LogP contribution < -0.4 is 15.4 Å². The maximum atomic E-state index is 12.0. The Labute approximate surface area is 194 Å². The molecule has 4 aromatic rings. The van der Waals surface area contributed by atoms with Crippen LogP contribution in [0.4, 0.5) is 5.82 Å². The molecule has 0 aliphatic rings. The van der Waals surface area contributed by atoms with Crippen LogP contribution in [-0.2, 0) is 0 Å². The van der Waals surface area contributed by atoms with E-state index in [-0.39, 0.29) is 11.9 Å². The molecule has 4 rings (SSSR count). The van der Waals surface area contributed by atoms with Crippen molar-refractivity contribution in [2.45, 2.75) is 13.0 Å². The molecule has 2 aromatic carbocycles. The standard InChI is InChI=1S/C22H20Cl2N6O2/c1-11(30-21-18-20(27-9-26-18)28-10-29-21)15-7-13(23)8-16(19(15)32-3)12-4-5-14(17(24)6-12)22(31)25-2/h4-11H,1-3H3,(H,25,31)(H2,26,27,28,29,30). The summed E-state index contributed by atoms with van der Waals surface area (Å²) in [4.78, 5) is 27.7. The van der Waals surface area contributed by atoms with E-state index in [1.807, 2.05) is 19.1 Å². The second kappa shape index (κ2) is 9.02. The van der Waals surface area contributed by atoms with Crippen molar-refractivity contribution in [1.82, 2.24) is 25.3 Å². The summed E-state index contributed by atoms with van der Waals surface area (Å²) in [6.45, 7) is 1.97. The second-order valence-electron chi connectivity index (χ2n) is 7.04. The third kappa shape index (κ3) is 4.06. The zero-order valence-corrected chi connectivity index (χ0v) is 19.0. The van der Waals surface area contributed by atoms with Crippen molar-refractivity contribution in [2.75, 3.05) is 19.5 Å². The molecule has 1 unspecified atom stereocenters. The summed E-state index contributed by atoms with van der Waals surface area (Å²) in [6, 6.07) is 8.62. The molecule has 0 radical (unpaired) electrons. The van der Waals surface area contributed by atoms with Gasteiger partial charge in [-0.3, -0.25) is 4.79 Å². The first-order valence-corrected chi connectivity index (χ1v) is 10.5. The minimum Gasteiger partial charge on any atom is -0.496 e. The lowest BCUT2D eigenvalue weighted by molar-refractivity contribution is 0.0963. The van der Waals surface area contributed by atoms with Crippen molar-refractivity contribution in [2.24, 2.45) is 0 Å². The fraction of sp³-hybridized carbons (Fsp3) is 0.182. The zero-order chi connectivity index (χ0) is 22.8. The number of nitrogens with zero attached hydrogens (tertiary/aromatic N) is 3.